The summed E-state index contributed by atoms with van der Waals surface area (Å²) < 4.78 is 5.46. The average molecular weight is 224 g/mol. The Hall–Kier alpha value is -1.50. The second kappa shape index (κ2) is 3.58. The Kier molecular flexibility index (Phi) is 2.39. The molecule has 0 saturated heterocycles. The van der Waals surface area contributed by atoms with E-state index in [0.717, 1.165) is 10.6 Å². The van der Waals surface area contributed by atoms with Gasteiger partial charge >= 0.3 is 0 Å². The van der Waals surface area contributed by atoms with Crippen molar-refractivity contribution in [2.75, 3.05) is 5.73 Å². The van der Waals surface area contributed by atoms with Crippen molar-refractivity contribution in [1.29, 1.82) is 0 Å². The molecule has 0 fully saturated rings. The summed E-state index contributed by atoms with van der Waals surface area (Å²) in [6.07, 6.45) is 0. The fourth-order valence-electron chi connectivity index (χ4n) is 1.22. The number of anilines is 1. The van der Waals surface area contributed by atoms with Crippen LogP contribution in [0.15, 0.2) is 0 Å². The molecule has 0 unspecified atom stereocenters. The lowest BCUT2D eigenvalue weighted by atomic mass is 10.1. The highest BCUT2D eigenvalue weighted by molar-refractivity contribution is 7.09. The molecular formula is C8H12N6S. The van der Waals surface area contributed by atoms with E-state index in [4.69, 9.17) is 5.73 Å². The largest absolute Gasteiger partial charge is 0.368 e. The van der Waals surface area contributed by atoms with E-state index in [1.54, 1.807) is 11.7 Å². The zero-order valence-electron chi connectivity index (χ0n) is 8.80. The van der Waals surface area contributed by atoms with E-state index in [-0.39, 0.29) is 0 Å². The van der Waals surface area contributed by atoms with Crippen molar-refractivity contribution in [3.05, 3.63) is 5.69 Å². The predicted molar refractivity (Wildman–Crippen MR) is 58.4 cm³/mol. The second-order valence-electron chi connectivity index (χ2n) is 3.56. The molecule has 2 aromatic heterocycles. The Balaban J connectivity index is 2.49. The molecule has 2 N–H and O–H groups in total. The highest BCUT2D eigenvalue weighted by Crippen LogP contribution is 2.28. The molecule has 2 heterocycles. The van der Waals surface area contributed by atoms with Gasteiger partial charge in [-0.1, -0.05) is 18.3 Å². The normalized spacial score (nSPS) is 11.2. The number of hydrogen-bond donors (Lipinski definition) is 1. The summed E-state index contributed by atoms with van der Waals surface area (Å²) in [6, 6.07) is 0. The monoisotopic (exact) mass is 224 g/mol. The molecule has 0 aliphatic heterocycles. The van der Waals surface area contributed by atoms with Crippen LogP contribution in [-0.4, -0.2) is 24.4 Å². The molecule has 2 aromatic rings. The number of nitrogens with two attached hydrogens (primary N) is 1. The second-order valence-corrected chi connectivity index (χ2v) is 4.31. The molecule has 0 saturated carbocycles. The lowest BCUT2D eigenvalue weighted by Gasteiger charge is -1.99. The van der Waals surface area contributed by atoms with Crippen molar-refractivity contribution in [2.45, 2.75) is 19.8 Å². The van der Waals surface area contributed by atoms with E-state index in [0.29, 0.717) is 17.7 Å². The maximum Gasteiger partial charge on any atom is 0.218 e. The number of nitrogens with zero attached hydrogens (tertiary/aromatic N) is 5. The van der Waals surface area contributed by atoms with E-state index >= 15 is 0 Å². The zero-order valence-corrected chi connectivity index (χ0v) is 9.62. The van der Waals surface area contributed by atoms with Crippen LogP contribution < -0.4 is 5.73 Å². The molecule has 0 aliphatic rings. The van der Waals surface area contributed by atoms with E-state index < -0.39 is 0 Å². The van der Waals surface area contributed by atoms with Gasteiger partial charge in [-0.3, -0.25) is 0 Å². The first-order chi connectivity index (χ1) is 7.09. The fourth-order valence-corrected chi connectivity index (χ4v) is 1.97. The van der Waals surface area contributed by atoms with Gasteiger partial charge in [0.05, 0.1) is 5.69 Å². The molecule has 80 valence electrons. The van der Waals surface area contributed by atoms with E-state index in [1.807, 2.05) is 0 Å². The van der Waals surface area contributed by atoms with Crippen molar-refractivity contribution in [3.8, 4) is 10.7 Å². The van der Waals surface area contributed by atoms with Gasteiger partial charge < -0.3 is 5.73 Å². The van der Waals surface area contributed by atoms with Gasteiger partial charge in [-0.2, -0.15) is 4.98 Å². The Bertz CT molecular complexity index is 452. The van der Waals surface area contributed by atoms with Crippen LogP contribution in [-0.2, 0) is 7.05 Å². The van der Waals surface area contributed by atoms with Crippen LogP contribution in [0, 0.1) is 0 Å². The smallest absolute Gasteiger partial charge is 0.218 e. The molecule has 0 amide bonds. The van der Waals surface area contributed by atoms with Crippen LogP contribution in [0.2, 0.25) is 0 Å². The molecule has 6 nitrogen and oxygen atoms in total. The first kappa shape index (κ1) is 10.0. The molecule has 15 heavy (non-hydrogen) atoms. The lowest BCUT2D eigenvalue weighted by molar-refractivity contribution is 0.778. The van der Waals surface area contributed by atoms with Crippen LogP contribution in [0.1, 0.15) is 25.5 Å². The summed E-state index contributed by atoms with van der Waals surface area (Å²) >= 11 is 1.30. The third kappa shape index (κ3) is 1.70. The number of nitrogen functional groups attached to an aromatic ring is 1. The average Bonchev–Trinajstić information content (AvgIpc) is 2.73. The summed E-state index contributed by atoms with van der Waals surface area (Å²) in [5.41, 5.74) is 6.55. The predicted octanol–water partition coefficient (Wildman–Crippen LogP) is 1.04. The van der Waals surface area contributed by atoms with Crippen molar-refractivity contribution < 1.29 is 0 Å². The highest BCUT2D eigenvalue weighted by atomic mass is 32.1. The Labute approximate surface area is 91.3 Å². The summed E-state index contributed by atoms with van der Waals surface area (Å²) in [4.78, 5) is 5.06. The van der Waals surface area contributed by atoms with Gasteiger partial charge in [0, 0.05) is 7.05 Å². The van der Waals surface area contributed by atoms with Gasteiger partial charge in [0.25, 0.3) is 0 Å². The lowest BCUT2D eigenvalue weighted by Crippen LogP contribution is -1.97. The van der Waals surface area contributed by atoms with Gasteiger partial charge in [0.2, 0.25) is 5.95 Å². The minimum absolute atomic E-state index is 0.309. The molecule has 0 atom stereocenters. The van der Waals surface area contributed by atoms with E-state index in [1.165, 1.54) is 11.5 Å². The molecule has 0 spiro atoms. The Morgan fingerprint density at radius 3 is 2.67 bits per heavy atom. The van der Waals surface area contributed by atoms with Crippen molar-refractivity contribution in [3.63, 3.8) is 0 Å². The SMILES string of the molecule is CC(C)c1nnsc1-c1nc(N)n(C)n1. The molecular weight excluding hydrogens is 212 g/mol. The minimum Gasteiger partial charge on any atom is -0.368 e. The summed E-state index contributed by atoms with van der Waals surface area (Å²) in [7, 11) is 1.76. The van der Waals surface area contributed by atoms with Gasteiger partial charge in [-0.15, -0.1) is 10.2 Å². The maximum atomic E-state index is 5.63. The molecule has 0 aromatic carbocycles. The molecule has 0 bridgehead atoms. The highest BCUT2D eigenvalue weighted by Gasteiger charge is 2.17. The van der Waals surface area contributed by atoms with Crippen LogP contribution in [0.5, 0.6) is 0 Å². The first-order valence-corrected chi connectivity index (χ1v) is 5.36. The standard InChI is InChI=1S/C8H12N6S/c1-4(2)5-6(15-13-11-5)7-10-8(9)14(3)12-7/h4H,1-3H3,(H2,9,10,12). The maximum absolute atomic E-state index is 5.63. The fraction of sp³-hybridized carbons (Fsp3) is 0.500. The number of aryl methyl sites for hydroxylation is 1. The third-order valence-corrected chi connectivity index (χ3v) is 2.80. The Morgan fingerprint density at radius 2 is 2.13 bits per heavy atom. The van der Waals surface area contributed by atoms with Gasteiger partial charge in [0.15, 0.2) is 5.82 Å². The molecule has 0 aliphatic carbocycles. The number of rotatable bonds is 2. The van der Waals surface area contributed by atoms with Crippen LogP contribution >= 0.6 is 11.5 Å². The quantitative estimate of drug-likeness (QED) is 0.824. The molecule has 0 radical (unpaired) electrons. The zero-order chi connectivity index (χ0) is 11.0. The minimum atomic E-state index is 0.309. The Morgan fingerprint density at radius 1 is 1.40 bits per heavy atom. The number of hydrogen-bond acceptors (Lipinski definition) is 6. The summed E-state index contributed by atoms with van der Waals surface area (Å²) in [5, 5.41) is 8.28. The summed E-state index contributed by atoms with van der Waals surface area (Å²) in [6.45, 7) is 4.12. The molecule has 2 rings (SSSR count). The first-order valence-electron chi connectivity index (χ1n) is 4.58. The summed E-state index contributed by atoms with van der Waals surface area (Å²) in [5.74, 6) is 1.31. The van der Waals surface area contributed by atoms with E-state index in [9.17, 15) is 0 Å². The van der Waals surface area contributed by atoms with Gasteiger partial charge in [-0.05, 0) is 17.5 Å². The van der Waals surface area contributed by atoms with Gasteiger partial charge in [0.1, 0.15) is 4.88 Å². The van der Waals surface area contributed by atoms with Crippen molar-refractivity contribution in [1.82, 2.24) is 24.4 Å². The van der Waals surface area contributed by atoms with Crippen molar-refractivity contribution >= 4 is 17.5 Å². The van der Waals surface area contributed by atoms with Crippen LogP contribution in [0.3, 0.4) is 0 Å². The third-order valence-electron chi connectivity index (χ3n) is 2.06. The topological polar surface area (TPSA) is 82.5 Å². The van der Waals surface area contributed by atoms with E-state index in [2.05, 4.69) is 33.5 Å². The number of aromatic nitrogens is 5. The van der Waals surface area contributed by atoms with Crippen LogP contribution in [0.4, 0.5) is 5.95 Å². The van der Waals surface area contributed by atoms with Crippen molar-refractivity contribution in [2.24, 2.45) is 7.05 Å². The van der Waals surface area contributed by atoms with Crippen LogP contribution in [0.25, 0.3) is 10.7 Å². The van der Waals surface area contributed by atoms with Gasteiger partial charge in [-0.25, -0.2) is 4.68 Å². The molecule has 7 heteroatoms.